The van der Waals surface area contributed by atoms with Gasteiger partial charge in [0.05, 0.1) is 25.2 Å². The third-order valence-electron chi connectivity index (χ3n) is 4.16. The summed E-state index contributed by atoms with van der Waals surface area (Å²) in [5, 5.41) is 11.2. The lowest BCUT2D eigenvalue weighted by Crippen LogP contribution is -2.48. The molecule has 8 heteroatoms. The third-order valence-corrected chi connectivity index (χ3v) is 4.16. The summed E-state index contributed by atoms with van der Waals surface area (Å²) in [5.74, 6) is -0.858. The Hall–Kier alpha value is -2.06. The average Bonchev–Trinajstić information content (AvgIpc) is 3.06. The van der Waals surface area contributed by atoms with Gasteiger partial charge in [0.15, 0.2) is 0 Å². The van der Waals surface area contributed by atoms with Gasteiger partial charge in [-0.25, -0.2) is 0 Å². The summed E-state index contributed by atoms with van der Waals surface area (Å²) >= 11 is 0. The minimum atomic E-state index is -0.859. The first-order valence-corrected chi connectivity index (χ1v) is 8.00. The fourth-order valence-electron chi connectivity index (χ4n) is 3.03. The van der Waals surface area contributed by atoms with Crippen LogP contribution in [0.1, 0.15) is 25.5 Å². The van der Waals surface area contributed by atoms with Gasteiger partial charge in [-0.2, -0.15) is 0 Å². The molecule has 1 fully saturated rings. The maximum absolute atomic E-state index is 11.2. The van der Waals surface area contributed by atoms with Gasteiger partial charge in [-0.05, 0) is 12.1 Å². The van der Waals surface area contributed by atoms with Crippen molar-refractivity contribution in [3.63, 3.8) is 0 Å². The molecule has 24 heavy (non-hydrogen) atoms. The number of hydrogen-bond donors (Lipinski definition) is 0. The van der Waals surface area contributed by atoms with Crippen LogP contribution in [0.25, 0.3) is 0 Å². The standard InChI is InChI=1S/C16H22N2O6/c1-16(2)23-11-13(17-5-8-21-9-6-17)15(24-16)12(10-18(19)20)14-4-3-7-22-14/h3-4,7,11-12,15H,5-6,8-10H2,1-2H3. The van der Waals surface area contributed by atoms with E-state index in [0.717, 1.165) is 5.70 Å². The van der Waals surface area contributed by atoms with Crippen molar-refractivity contribution in [2.45, 2.75) is 31.7 Å². The quantitative estimate of drug-likeness (QED) is 0.599. The van der Waals surface area contributed by atoms with E-state index in [-0.39, 0.29) is 11.5 Å². The van der Waals surface area contributed by atoms with Gasteiger partial charge in [-0.1, -0.05) is 0 Å². The minimum Gasteiger partial charge on any atom is -0.469 e. The highest BCUT2D eigenvalue weighted by Crippen LogP contribution is 2.36. The normalized spacial score (nSPS) is 24.8. The molecular formula is C16H22N2O6. The molecule has 0 aliphatic carbocycles. The zero-order chi connectivity index (χ0) is 17.2. The number of morpholine rings is 1. The number of ether oxygens (including phenoxy) is 3. The molecule has 0 saturated carbocycles. The zero-order valence-electron chi connectivity index (χ0n) is 13.8. The van der Waals surface area contributed by atoms with Crippen LogP contribution < -0.4 is 0 Å². The first-order valence-electron chi connectivity index (χ1n) is 8.00. The molecule has 0 spiro atoms. The Kier molecular flexibility index (Phi) is 4.77. The minimum absolute atomic E-state index is 0.282. The Bertz CT molecular complexity index is 592. The highest BCUT2D eigenvalue weighted by atomic mass is 16.7. The molecule has 0 N–H and O–H groups in total. The summed E-state index contributed by atoms with van der Waals surface area (Å²) in [6.07, 6.45) is 2.66. The molecule has 1 aromatic rings. The van der Waals surface area contributed by atoms with Crippen LogP contribution in [0.5, 0.6) is 0 Å². The lowest BCUT2D eigenvalue weighted by atomic mass is 9.95. The lowest BCUT2D eigenvalue weighted by molar-refractivity contribution is -0.486. The van der Waals surface area contributed by atoms with Gasteiger partial charge < -0.3 is 23.5 Å². The summed E-state index contributed by atoms with van der Waals surface area (Å²) in [6.45, 7) is 5.89. The Morgan fingerprint density at radius 2 is 2.17 bits per heavy atom. The summed E-state index contributed by atoms with van der Waals surface area (Å²) < 4.78 is 22.6. The first kappa shape index (κ1) is 16.8. The molecule has 2 aliphatic rings. The van der Waals surface area contributed by atoms with E-state index in [9.17, 15) is 10.1 Å². The van der Waals surface area contributed by atoms with Crippen LogP contribution in [0.2, 0.25) is 0 Å². The molecule has 2 unspecified atom stereocenters. The Labute approximate surface area is 140 Å². The van der Waals surface area contributed by atoms with Gasteiger partial charge in [0.25, 0.3) is 0 Å². The molecular weight excluding hydrogens is 316 g/mol. The van der Waals surface area contributed by atoms with Crippen molar-refractivity contribution < 1.29 is 23.6 Å². The van der Waals surface area contributed by atoms with Crippen molar-refractivity contribution in [2.75, 3.05) is 32.8 Å². The predicted octanol–water partition coefficient (Wildman–Crippen LogP) is 1.97. The summed E-state index contributed by atoms with van der Waals surface area (Å²) in [4.78, 5) is 13.0. The SMILES string of the molecule is CC1(C)OC=C(N2CCOCC2)C(C(C[N+](=O)[O-])c2ccco2)O1. The second-order valence-electron chi connectivity index (χ2n) is 6.34. The van der Waals surface area contributed by atoms with E-state index in [2.05, 4.69) is 4.90 Å². The maximum Gasteiger partial charge on any atom is 0.216 e. The first-order chi connectivity index (χ1) is 11.5. The highest BCUT2D eigenvalue weighted by molar-refractivity contribution is 5.19. The lowest BCUT2D eigenvalue weighted by Gasteiger charge is -2.43. The number of rotatable bonds is 5. The van der Waals surface area contributed by atoms with Gasteiger partial charge in [0, 0.05) is 31.9 Å². The molecule has 0 bridgehead atoms. The van der Waals surface area contributed by atoms with Gasteiger partial charge in [0.2, 0.25) is 12.3 Å². The van der Waals surface area contributed by atoms with Crippen molar-refractivity contribution in [1.82, 2.24) is 4.90 Å². The third kappa shape index (κ3) is 3.70. The summed E-state index contributed by atoms with van der Waals surface area (Å²) in [5.41, 5.74) is 0.792. The average molecular weight is 338 g/mol. The van der Waals surface area contributed by atoms with E-state index in [0.29, 0.717) is 32.1 Å². The summed E-state index contributed by atoms with van der Waals surface area (Å²) in [6, 6.07) is 3.47. The smallest absolute Gasteiger partial charge is 0.216 e. The molecule has 0 amide bonds. The predicted molar refractivity (Wildman–Crippen MR) is 83.8 cm³/mol. The van der Waals surface area contributed by atoms with Crippen LogP contribution in [0.15, 0.2) is 34.8 Å². The van der Waals surface area contributed by atoms with Gasteiger partial charge in [0.1, 0.15) is 24.0 Å². The van der Waals surface area contributed by atoms with Crippen molar-refractivity contribution >= 4 is 0 Å². The second-order valence-corrected chi connectivity index (χ2v) is 6.34. The van der Waals surface area contributed by atoms with E-state index < -0.39 is 17.8 Å². The number of furan rings is 1. The Morgan fingerprint density at radius 1 is 1.42 bits per heavy atom. The molecule has 0 radical (unpaired) electrons. The number of hydrogen-bond acceptors (Lipinski definition) is 7. The van der Waals surface area contributed by atoms with Gasteiger partial charge in [-0.3, -0.25) is 10.1 Å². The second kappa shape index (κ2) is 6.82. The van der Waals surface area contributed by atoms with Crippen molar-refractivity contribution in [1.29, 1.82) is 0 Å². The van der Waals surface area contributed by atoms with E-state index in [1.54, 1.807) is 32.2 Å². The fourth-order valence-corrected chi connectivity index (χ4v) is 3.03. The zero-order valence-corrected chi connectivity index (χ0v) is 13.8. The van der Waals surface area contributed by atoms with Gasteiger partial charge in [-0.15, -0.1) is 0 Å². The Morgan fingerprint density at radius 3 is 2.79 bits per heavy atom. The van der Waals surface area contributed by atoms with E-state index in [1.807, 2.05) is 0 Å². The fraction of sp³-hybridized carbons (Fsp3) is 0.625. The van der Waals surface area contributed by atoms with Gasteiger partial charge >= 0.3 is 0 Å². The van der Waals surface area contributed by atoms with Crippen molar-refractivity contribution in [3.05, 3.63) is 46.2 Å². The number of nitrogens with zero attached hydrogens (tertiary/aromatic N) is 2. The number of nitro groups is 1. The van der Waals surface area contributed by atoms with Crippen LogP contribution in [0.4, 0.5) is 0 Å². The van der Waals surface area contributed by atoms with E-state index >= 15 is 0 Å². The van der Waals surface area contributed by atoms with Crippen molar-refractivity contribution in [3.8, 4) is 0 Å². The molecule has 1 aromatic heterocycles. The van der Waals surface area contributed by atoms with Crippen LogP contribution in [-0.4, -0.2) is 54.6 Å². The molecule has 0 aromatic carbocycles. The monoisotopic (exact) mass is 338 g/mol. The highest BCUT2D eigenvalue weighted by Gasteiger charge is 2.43. The molecule has 3 rings (SSSR count). The van der Waals surface area contributed by atoms with E-state index in [4.69, 9.17) is 18.6 Å². The largest absolute Gasteiger partial charge is 0.469 e. The topological polar surface area (TPSA) is 87.2 Å². The maximum atomic E-state index is 11.2. The van der Waals surface area contributed by atoms with Crippen LogP contribution in [0, 0.1) is 10.1 Å². The van der Waals surface area contributed by atoms with E-state index in [1.165, 1.54) is 6.26 Å². The van der Waals surface area contributed by atoms with Crippen molar-refractivity contribution in [2.24, 2.45) is 0 Å². The van der Waals surface area contributed by atoms with Crippen LogP contribution in [-0.2, 0) is 14.2 Å². The Balaban J connectivity index is 1.93. The molecule has 132 valence electrons. The summed E-state index contributed by atoms with van der Waals surface area (Å²) in [7, 11) is 0. The van der Waals surface area contributed by atoms with Crippen LogP contribution >= 0.6 is 0 Å². The molecule has 1 saturated heterocycles. The molecule has 8 nitrogen and oxygen atoms in total. The molecule has 3 heterocycles. The molecule has 2 atom stereocenters. The molecule has 2 aliphatic heterocycles. The van der Waals surface area contributed by atoms with Crippen LogP contribution in [0.3, 0.4) is 0 Å².